The minimum Gasteiger partial charge on any atom is -0.347 e. The van der Waals surface area contributed by atoms with E-state index in [-0.39, 0.29) is 60.4 Å². The van der Waals surface area contributed by atoms with Gasteiger partial charge < -0.3 is 41.7 Å². The van der Waals surface area contributed by atoms with E-state index in [1.54, 1.807) is 23.9 Å². The molecule has 342 valence electrons. The third-order valence-corrected chi connectivity index (χ3v) is 13.3. The second kappa shape index (κ2) is 23.3. The number of nitrogens with zero attached hydrogens (tertiary/aromatic N) is 2. The molecule has 2 aromatic rings. The second-order valence-corrected chi connectivity index (χ2v) is 17.3. The summed E-state index contributed by atoms with van der Waals surface area (Å²) in [7, 11) is 3.36. The van der Waals surface area contributed by atoms with Crippen molar-refractivity contribution in [3.8, 4) is 23.7 Å². The lowest BCUT2D eigenvalue weighted by Gasteiger charge is -2.31. The SMILES string of the molecule is CC[C@H](NC)C(=O)N[C@@H](CC#CC#CC[C@H](NC(=O)[C@H](CC)NC)C(=O)N1CCC[C@H]1C(=O)N[C@@H]1CCCc2ccccc21)C(=O)N1CCC[C@H]1C(=O)N[C@@H]1CCCc2ccccc21. The molecular weight excluding hydrogens is 809 g/mol. The summed E-state index contributed by atoms with van der Waals surface area (Å²) in [6, 6.07) is 11.5. The minimum absolute atomic E-state index is 0.0598. The summed E-state index contributed by atoms with van der Waals surface area (Å²) in [6.45, 7) is 4.49. The summed E-state index contributed by atoms with van der Waals surface area (Å²) in [4.78, 5) is 85.8. The van der Waals surface area contributed by atoms with Crippen LogP contribution < -0.4 is 31.9 Å². The molecule has 2 aliphatic carbocycles. The standard InChI is InChI=1S/C50H66N8O6/c1-5-37(51-3)45(59)55-41(49(63)57-31-17-29-43(57)47(61)53-39-27-15-21-33-19-11-13-23-35(33)39)25-9-7-8-10-26-42(56-46(60)38(6-2)52-4)50(64)58-32-18-30-44(58)48(62)54-40-28-16-22-34-20-12-14-24-36(34)40/h11-14,19-20,23-24,37-44,51-52H,5-6,15-18,21-22,25-32H2,1-4H3,(H,53,61)(H,54,62)(H,55,59)(H,56,60)/t37-,38-,39+,40+,41-,42-,43-,44-/m0/s1. The number of hydrogen-bond acceptors (Lipinski definition) is 8. The number of likely N-dealkylation sites (N-methyl/N-ethyl adjacent to an activating group) is 2. The first-order valence-corrected chi connectivity index (χ1v) is 23.4. The van der Waals surface area contributed by atoms with Gasteiger partial charge in [0.15, 0.2) is 0 Å². The second-order valence-electron chi connectivity index (χ2n) is 17.3. The largest absolute Gasteiger partial charge is 0.347 e. The molecule has 6 N–H and O–H groups in total. The van der Waals surface area contributed by atoms with Crippen LogP contribution in [0.2, 0.25) is 0 Å². The Labute approximate surface area is 378 Å². The van der Waals surface area contributed by atoms with Crippen molar-refractivity contribution in [1.29, 1.82) is 0 Å². The highest BCUT2D eigenvalue weighted by molar-refractivity contribution is 5.95. The van der Waals surface area contributed by atoms with Crippen LogP contribution in [0.1, 0.15) is 125 Å². The Morgan fingerprint density at radius 1 is 0.578 bits per heavy atom. The Morgan fingerprint density at radius 2 is 0.984 bits per heavy atom. The van der Waals surface area contributed by atoms with Gasteiger partial charge in [0.25, 0.3) is 0 Å². The number of rotatable bonds is 16. The van der Waals surface area contributed by atoms with E-state index in [2.05, 4.69) is 79.8 Å². The van der Waals surface area contributed by atoms with Crippen molar-refractivity contribution >= 4 is 35.4 Å². The molecule has 2 fully saturated rings. The molecule has 14 nitrogen and oxygen atoms in total. The van der Waals surface area contributed by atoms with Gasteiger partial charge in [-0.2, -0.15) is 0 Å². The highest BCUT2D eigenvalue weighted by Crippen LogP contribution is 2.32. The Balaban J connectivity index is 1.14. The van der Waals surface area contributed by atoms with Crippen LogP contribution in [0, 0.1) is 23.7 Å². The molecule has 2 saturated heterocycles. The molecule has 8 atom stereocenters. The third-order valence-electron chi connectivity index (χ3n) is 13.3. The van der Waals surface area contributed by atoms with E-state index in [1.165, 1.54) is 11.1 Å². The van der Waals surface area contributed by atoms with Gasteiger partial charge >= 0.3 is 0 Å². The quantitative estimate of drug-likeness (QED) is 0.139. The van der Waals surface area contributed by atoms with Gasteiger partial charge in [-0.15, -0.1) is 0 Å². The van der Waals surface area contributed by atoms with Crippen molar-refractivity contribution < 1.29 is 28.8 Å². The van der Waals surface area contributed by atoms with E-state index >= 15 is 0 Å². The van der Waals surface area contributed by atoms with Crippen LogP contribution >= 0.6 is 0 Å². The molecule has 0 aromatic heterocycles. The summed E-state index contributed by atoms with van der Waals surface area (Å²) < 4.78 is 0. The first kappa shape index (κ1) is 47.8. The third kappa shape index (κ3) is 11.7. The van der Waals surface area contributed by atoms with E-state index in [0.717, 1.165) is 49.7 Å². The summed E-state index contributed by atoms with van der Waals surface area (Å²) >= 11 is 0. The number of nitrogens with one attached hydrogen (secondary N) is 6. The first-order valence-electron chi connectivity index (χ1n) is 23.4. The monoisotopic (exact) mass is 875 g/mol. The average molecular weight is 875 g/mol. The number of benzene rings is 2. The molecule has 2 aliphatic heterocycles. The van der Waals surface area contributed by atoms with E-state index in [4.69, 9.17) is 0 Å². The maximum absolute atomic E-state index is 14.2. The van der Waals surface area contributed by atoms with E-state index < -0.39 is 36.3 Å². The van der Waals surface area contributed by atoms with Gasteiger partial charge in [-0.25, -0.2) is 0 Å². The number of carbonyl (C=O) groups excluding carboxylic acids is 6. The fraction of sp³-hybridized carbons (Fsp3) is 0.560. The van der Waals surface area contributed by atoms with E-state index in [0.29, 0.717) is 51.6 Å². The van der Waals surface area contributed by atoms with E-state index in [9.17, 15) is 28.8 Å². The van der Waals surface area contributed by atoms with Gasteiger partial charge in [0.05, 0.1) is 24.2 Å². The molecule has 14 heteroatoms. The number of carbonyl (C=O) groups is 6. The highest BCUT2D eigenvalue weighted by atomic mass is 16.2. The molecule has 2 heterocycles. The van der Waals surface area contributed by atoms with Gasteiger partial charge in [0.2, 0.25) is 35.4 Å². The van der Waals surface area contributed by atoms with Crippen LogP contribution in [0.25, 0.3) is 0 Å². The van der Waals surface area contributed by atoms with Gasteiger partial charge in [0.1, 0.15) is 24.2 Å². The topological polar surface area (TPSA) is 181 Å². The van der Waals surface area contributed by atoms with Crippen molar-refractivity contribution in [2.45, 2.75) is 152 Å². The van der Waals surface area contributed by atoms with Gasteiger partial charge in [-0.3, -0.25) is 28.8 Å². The minimum atomic E-state index is -1.03. The fourth-order valence-electron chi connectivity index (χ4n) is 9.73. The maximum atomic E-state index is 14.2. The maximum Gasteiger partial charge on any atom is 0.246 e. The van der Waals surface area contributed by atoms with Crippen LogP contribution in [-0.2, 0) is 41.6 Å². The Morgan fingerprint density at radius 3 is 1.38 bits per heavy atom. The van der Waals surface area contributed by atoms with Crippen molar-refractivity contribution in [3.63, 3.8) is 0 Å². The smallest absolute Gasteiger partial charge is 0.246 e. The zero-order valence-corrected chi connectivity index (χ0v) is 37.9. The van der Waals surface area contributed by atoms with Gasteiger partial charge in [-0.1, -0.05) is 74.2 Å². The molecule has 0 spiro atoms. The fourth-order valence-corrected chi connectivity index (χ4v) is 9.73. The summed E-state index contributed by atoms with van der Waals surface area (Å²) in [5.41, 5.74) is 4.68. The molecule has 0 bridgehead atoms. The molecule has 0 saturated carbocycles. The Kier molecular flexibility index (Phi) is 17.4. The molecule has 2 aromatic carbocycles. The first-order chi connectivity index (χ1) is 31.1. The van der Waals surface area contributed by atoms with Crippen molar-refractivity contribution in [3.05, 3.63) is 70.8 Å². The lowest BCUT2D eigenvalue weighted by molar-refractivity contribution is -0.141. The van der Waals surface area contributed by atoms with Crippen molar-refractivity contribution in [1.82, 2.24) is 41.7 Å². The van der Waals surface area contributed by atoms with Crippen molar-refractivity contribution in [2.75, 3.05) is 27.2 Å². The van der Waals surface area contributed by atoms with Crippen LogP contribution in [-0.4, -0.2) is 109 Å². The Hall–Kier alpha value is -5.70. The average Bonchev–Trinajstić information content (AvgIpc) is 4.02. The molecular formula is C50H66N8O6. The molecule has 6 amide bonds. The number of hydrogen-bond donors (Lipinski definition) is 6. The zero-order valence-electron chi connectivity index (χ0n) is 37.9. The van der Waals surface area contributed by atoms with Gasteiger partial charge in [0, 0.05) is 25.9 Å². The summed E-state index contributed by atoms with van der Waals surface area (Å²) in [5.74, 6) is 9.58. The summed E-state index contributed by atoms with van der Waals surface area (Å²) in [5, 5.41) is 18.2. The number of likely N-dealkylation sites (tertiary alicyclic amines) is 2. The summed E-state index contributed by atoms with van der Waals surface area (Å²) in [6.07, 6.45) is 8.72. The van der Waals surface area contributed by atoms with Crippen LogP contribution in [0.15, 0.2) is 48.5 Å². The number of fused-ring (bicyclic) bond motifs is 2. The molecule has 0 radical (unpaired) electrons. The molecule has 0 unspecified atom stereocenters. The lowest BCUT2D eigenvalue weighted by atomic mass is 9.87. The van der Waals surface area contributed by atoms with Gasteiger partial charge in [-0.05, 0) is 125 Å². The van der Waals surface area contributed by atoms with Crippen molar-refractivity contribution in [2.24, 2.45) is 0 Å². The van der Waals surface area contributed by atoms with Crippen LogP contribution in [0.4, 0.5) is 0 Å². The predicted octanol–water partition coefficient (Wildman–Crippen LogP) is 3.11. The molecule has 6 rings (SSSR count). The predicted molar refractivity (Wildman–Crippen MR) is 245 cm³/mol. The normalized spacial score (nSPS) is 21.8. The zero-order chi connectivity index (χ0) is 45.6. The van der Waals surface area contributed by atoms with Crippen LogP contribution in [0.5, 0.6) is 0 Å². The number of aryl methyl sites for hydroxylation is 2. The molecule has 64 heavy (non-hydrogen) atoms. The number of amides is 6. The highest BCUT2D eigenvalue weighted by Gasteiger charge is 2.40. The van der Waals surface area contributed by atoms with E-state index in [1.807, 2.05) is 38.1 Å². The van der Waals surface area contributed by atoms with Crippen LogP contribution in [0.3, 0.4) is 0 Å². The Bertz CT molecular complexity index is 1980. The molecule has 4 aliphatic rings. The lowest BCUT2D eigenvalue weighted by Crippen LogP contribution is -2.56.